The van der Waals surface area contributed by atoms with E-state index in [-0.39, 0.29) is 18.4 Å². The SMILES string of the molecule is CCN(CC)c1ccc(NC(=O)C2N([C@H](CO)c3ccccc3)C(=O)[C@@H]3[C@H](C(=O)NCc4ccccc4)[C@]4(C)CCC23O4)cc1. The number of aliphatic hydroxyl groups excluding tert-OH is 1. The zero-order valence-electron chi connectivity index (χ0n) is 26.1. The van der Waals surface area contributed by atoms with Crippen LogP contribution in [0.25, 0.3) is 0 Å². The van der Waals surface area contributed by atoms with E-state index in [1.807, 2.05) is 91.9 Å². The molecule has 2 bridgehead atoms. The first-order chi connectivity index (χ1) is 21.8. The molecule has 3 saturated heterocycles. The number of nitrogens with zero attached hydrogens (tertiary/aromatic N) is 2. The molecule has 236 valence electrons. The Labute approximate surface area is 264 Å². The van der Waals surface area contributed by atoms with E-state index >= 15 is 0 Å². The largest absolute Gasteiger partial charge is 0.394 e. The van der Waals surface area contributed by atoms with E-state index in [1.165, 1.54) is 4.90 Å². The van der Waals surface area contributed by atoms with Crippen molar-refractivity contribution in [2.75, 3.05) is 29.9 Å². The highest BCUT2D eigenvalue weighted by atomic mass is 16.5. The number of anilines is 2. The molecule has 0 saturated carbocycles. The van der Waals surface area contributed by atoms with Crippen LogP contribution in [0.5, 0.6) is 0 Å². The second-order valence-electron chi connectivity index (χ2n) is 12.5. The van der Waals surface area contributed by atoms with Gasteiger partial charge in [0.15, 0.2) is 0 Å². The molecule has 0 aromatic heterocycles. The molecule has 3 amide bonds. The molecule has 1 spiro atoms. The van der Waals surface area contributed by atoms with E-state index in [4.69, 9.17) is 4.74 Å². The Balaban J connectivity index is 1.35. The van der Waals surface area contributed by atoms with Crippen LogP contribution in [0.4, 0.5) is 11.4 Å². The molecule has 3 aromatic rings. The van der Waals surface area contributed by atoms with Gasteiger partial charge in [-0.15, -0.1) is 0 Å². The number of aliphatic hydroxyl groups is 1. The lowest BCUT2D eigenvalue weighted by molar-refractivity contribution is -0.148. The second-order valence-corrected chi connectivity index (χ2v) is 12.5. The van der Waals surface area contributed by atoms with Gasteiger partial charge in [-0.05, 0) is 69.0 Å². The molecule has 3 aromatic carbocycles. The molecule has 0 aliphatic carbocycles. The quantitative estimate of drug-likeness (QED) is 0.299. The van der Waals surface area contributed by atoms with Gasteiger partial charge in [0, 0.05) is 31.0 Å². The number of nitrogens with one attached hydrogen (secondary N) is 2. The maximum atomic E-state index is 14.6. The number of fused-ring (bicyclic) bond motifs is 1. The third-order valence-corrected chi connectivity index (χ3v) is 10.0. The molecule has 3 heterocycles. The molecule has 0 radical (unpaired) electrons. The van der Waals surface area contributed by atoms with Crippen LogP contribution < -0.4 is 15.5 Å². The first kappa shape index (κ1) is 30.8. The van der Waals surface area contributed by atoms with Gasteiger partial charge in [-0.25, -0.2) is 0 Å². The zero-order valence-corrected chi connectivity index (χ0v) is 26.1. The maximum absolute atomic E-state index is 14.6. The molecule has 3 fully saturated rings. The molecule has 6 rings (SSSR count). The van der Waals surface area contributed by atoms with Gasteiger partial charge in [-0.1, -0.05) is 60.7 Å². The number of hydrogen-bond donors (Lipinski definition) is 3. The summed E-state index contributed by atoms with van der Waals surface area (Å²) < 4.78 is 6.77. The van der Waals surface area contributed by atoms with E-state index < -0.39 is 41.0 Å². The Morgan fingerprint density at radius 3 is 2.22 bits per heavy atom. The monoisotopic (exact) mass is 610 g/mol. The van der Waals surface area contributed by atoms with E-state index in [2.05, 4.69) is 29.4 Å². The standard InChI is InChI=1S/C36H42N4O5/c1-4-39(5-2)27-18-16-26(17-19-27)38-33(43)31-36-21-20-35(3,45-36)29(32(42)37-22-24-12-8-6-9-13-24)30(36)34(44)40(31)28(23-41)25-14-10-7-11-15-25/h6-19,28-31,41H,4-5,20-23H2,1-3H3,(H,37,42)(H,38,43)/t28-,29-,30+,31?,35+,36?/m1/s1. The predicted molar refractivity (Wildman–Crippen MR) is 172 cm³/mol. The fourth-order valence-electron chi connectivity index (χ4n) is 7.88. The minimum atomic E-state index is -1.21. The summed E-state index contributed by atoms with van der Waals surface area (Å²) >= 11 is 0. The van der Waals surface area contributed by atoms with Crippen LogP contribution in [0.3, 0.4) is 0 Å². The number of ether oxygens (including phenoxy) is 1. The van der Waals surface area contributed by atoms with Crippen molar-refractivity contribution in [2.24, 2.45) is 11.8 Å². The van der Waals surface area contributed by atoms with Gasteiger partial charge in [-0.3, -0.25) is 14.4 Å². The Morgan fingerprint density at radius 2 is 1.60 bits per heavy atom. The highest BCUT2D eigenvalue weighted by Gasteiger charge is 2.78. The molecule has 3 aliphatic heterocycles. The maximum Gasteiger partial charge on any atom is 0.250 e. The van der Waals surface area contributed by atoms with Crippen molar-refractivity contribution < 1.29 is 24.2 Å². The number of amides is 3. The molecule has 9 heteroatoms. The molecular formula is C36H42N4O5. The Bertz CT molecular complexity index is 1530. The van der Waals surface area contributed by atoms with Crippen LogP contribution in [0.15, 0.2) is 84.9 Å². The molecule has 9 nitrogen and oxygen atoms in total. The summed E-state index contributed by atoms with van der Waals surface area (Å²) in [5, 5.41) is 16.8. The van der Waals surface area contributed by atoms with Gasteiger partial charge in [-0.2, -0.15) is 0 Å². The van der Waals surface area contributed by atoms with Crippen LogP contribution in [0, 0.1) is 11.8 Å². The van der Waals surface area contributed by atoms with Crippen LogP contribution in [0.2, 0.25) is 0 Å². The summed E-state index contributed by atoms with van der Waals surface area (Å²) in [4.78, 5) is 46.6. The smallest absolute Gasteiger partial charge is 0.250 e. The Morgan fingerprint density at radius 1 is 0.956 bits per heavy atom. The van der Waals surface area contributed by atoms with Crippen molar-refractivity contribution in [2.45, 2.75) is 63.4 Å². The number of carbonyl (C=O) groups is 3. The Hall–Kier alpha value is -4.21. The van der Waals surface area contributed by atoms with Gasteiger partial charge in [0.2, 0.25) is 17.7 Å². The average molecular weight is 611 g/mol. The third-order valence-electron chi connectivity index (χ3n) is 10.0. The second kappa shape index (κ2) is 12.3. The topological polar surface area (TPSA) is 111 Å². The normalized spacial score (nSPS) is 27.2. The van der Waals surface area contributed by atoms with Crippen LogP contribution in [0.1, 0.15) is 50.8 Å². The fraction of sp³-hybridized carbons (Fsp3) is 0.417. The zero-order chi connectivity index (χ0) is 31.8. The summed E-state index contributed by atoms with van der Waals surface area (Å²) in [5.74, 6) is -2.67. The number of carbonyl (C=O) groups excluding carboxylic acids is 3. The van der Waals surface area contributed by atoms with Crippen LogP contribution in [-0.4, -0.2) is 64.7 Å². The molecule has 2 unspecified atom stereocenters. The van der Waals surface area contributed by atoms with E-state index in [0.717, 1.165) is 24.3 Å². The lowest BCUT2D eigenvalue weighted by Gasteiger charge is -2.37. The van der Waals surface area contributed by atoms with Gasteiger partial charge >= 0.3 is 0 Å². The van der Waals surface area contributed by atoms with Gasteiger partial charge in [0.25, 0.3) is 0 Å². The summed E-state index contributed by atoms with van der Waals surface area (Å²) in [6.07, 6.45) is 0.982. The van der Waals surface area contributed by atoms with E-state index in [0.29, 0.717) is 30.6 Å². The highest BCUT2D eigenvalue weighted by molar-refractivity contribution is 6.04. The minimum absolute atomic E-state index is 0.269. The van der Waals surface area contributed by atoms with Gasteiger partial charge in [0.05, 0.1) is 30.1 Å². The van der Waals surface area contributed by atoms with Crippen LogP contribution in [-0.2, 0) is 25.7 Å². The van der Waals surface area contributed by atoms with E-state index in [9.17, 15) is 19.5 Å². The Kier molecular flexibility index (Phi) is 8.41. The minimum Gasteiger partial charge on any atom is -0.394 e. The van der Waals surface area contributed by atoms with Crippen molar-refractivity contribution in [1.29, 1.82) is 0 Å². The first-order valence-corrected chi connectivity index (χ1v) is 15.9. The lowest BCUT2D eigenvalue weighted by atomic mass is 9.66. The number of rotatable bonds is 11. The average Bonchev–Trinajstić information content (AvgIpc) is 3.63. The van der Waals surface area contributed by atoms with Crippen molar-refractivity contribution >= 4 is 29.1 Å². The summed E-state index contributed by atoms with van der Waals surface area (Å²) in [5.41, 5.74) is 1.18. The fourth-order valence-corrected chi connectivity index (χ4v) is 7.88. The molecule has 45 heavy (non-hydrogen) atoms. The number of benzene rings is 3. The highest BCUT2D eigenvalue weighted by Crippen LogP contribution is 2.64. The summed E-state index contributed by atoms with van der Waals surface area (Å²) in [6.45, 7) is 7.73. The van der Waals surface area contributed by atoms with Crippen molar-refractivity contribution in [3.8, 4) is 0 Å². The number of likely N-dealkylation sites (tertiary alicyclic amines) is 1. The molecule has 6 atom stereocenters. The molecule has 3 N–H and O–H groups in total. The van der Waals surface area contributed by atoms with Crippen LogP contribution >= 0.6 is 0 Å². The first-order valence-electron chi connectivity index (χ1n) is 15.9. The summed E-state index contributed by atoms with van der Waals surface area (Å²) in [6, 6.07) is 24.6. The number of hydrogen-bond acceptors (Lipinski definition) is 6. The lowest BCUT2D eigenvalue weighted by Crippen LogP contribution is -2.54. The third kappa shape index (κ3) is 5.27. The summed E-state index contributed by atoms with van der Waals surface area (Å²) in [7, 11) is 0. The van der Waals surface area contributed by atoms with Gasteiger partial charge in [0.1, 0.15) is 11.6 Å². The van der Waals surface area contributed by atoms with Crippen molar-refractivity contribution in [1.82, 2.24) is 10.2 Å². The van der Waals surface area contributed by atoms with Gasteiger partial charge < -0.3 is 30.3 Å². The van der Waals surface area contributed by atoms with Crippen molar-refractivity contribution in [3.63, 3.8) is 0 Å². The van der Waals surface area contributed by atoms with Crippen molar-refractivity contribution in [3.05, 3.63) is 96.1 Å². The molecular weight excluding hydrogens is 568 g/mol. The predicted octanol–water partition coefficient (Wildman–Crippen LogP) is 4.29. The molecule has 3 aliphatic rings. The van der Waals surface area contributed by atoms with E-state index in [1.54, 1.807) is 0 Å².